The van der Waals surface area contributed by atoms with E-state index in [2.05, 4.69) is 5.32 Å². The van der Waals surface area contributed by atoms with Gasteiger partial charge in [-0.3, -0.25) is 9.59 Å². The van der Waals surface area contributed by atoms with Gasteiger partial charge >= 0.3 is 11.9 Å². The minimum atomic E-state index is -0.816. The number of aliphatic carboxylic acids is 2. The fourth-order valence-corrected chi connectivity index (χ4v) is 1.60. The van der Waals surface area contributed by atoms with Crippen LogP contribution < -0.4 is 5.32 Å². The van der Waals surface area contributed by atoms with Gasteiger partial charge in [0.1, 0.15) is 6.04 Å². The maximum Gasteiger partial charge on any atom is 0.320 e. The van der Waals surface area contributed by atoms with Crippen LogP contribution in [0.4, 0.5) is 0 Å². The molecule has 5 nitrogen and oxygen atoms in total. The summed E-state index contributed by atoms with van der Waals surface area (Å²) in [6, 6.07) is -0.491. The van der Waals surface area contributed by atoms with Crippen LogP contribution in [0, 0.1) is 5.92 Å². The predicted octanol–water partition coefficient (Wildman–Crippen LogP) is 1.72. The monoisotopic (exact) mass is 245 g/mol. The predicted molar refractivity (Wildman–Crippen MR) is 65.0 cm³/mol. The first kappa shape index (κ1) is 15.9. The summed E-state index contributed by atoms with van der Waals surface area (Å²) in [4.78, 5) is 21.2. The number of nitrogens with one attached hydrogen (secondary N) is 1. The van der Waals surface area contributed by atoms with Crippen LogP contribution in [0.5, 0.6) is 0 Å². The van der Waals surface area contributed by atoms with Gasteiger partial charge in [-0.1, -0.05) is 20.3 Å². The fourth-order valence-electron chi connectivity index (χ4n) is 1.60. The molecule has 0 rings (SSSR count). The zero-order valence-electron chi connectivity index (χ0n) is 10.6. The van der Waals surface area contributed by atoms with Gasteiger partial charge in [-0.25, -0.2) is 0 Å². The van der Waals surface area contributed by atoms with Crippen molar-refractivity contribution in [2.45, 2.75) is 52.0 Å². The summed E-state index contributed by atoms with van der Waals surface area (Å²) in [6.45, 7) is 4.61. The van der Waals surface area contributed by atoms with E-state index in [0.29, 0.717) is 25.3 Å². The first-order valence-corrected chi connectivity index (χ1v) is 6.11. The Labute approximate surface area is 102 Å². The quantitative estimate of drug-likeness (QED) is 0.510. The Hall–Kier alpha value is -1.10. The van der Waals surface area contributed by atoms with Crippen LogP contribution >= 0.6 is 0 Å². The molecule has 0 aromatic heterocycles. The maximum atomic E-state index is 10.9. The summed E-state index contributed by atoms with van der Waals surface area (Å²) in [5.74, 6) is -1.25. The van der Waals surface area contributed by atoms with Crippen molar-refractivity contribution in [2.24, 2.45) is 5.92 Å². The topological polar surface area (TPSA) is 86.6 Å². The number of carboxylic acids is 2. The number of carboxylic acid groups (broad SMARTS) is 2. The average Bonchev–Trinajstić information content (AvgIpc) is 2.20. The molecule has 0 saturated carbocycles. The lowest BCUT2D eigenvalue weighted by atomic mass is 10.0. The molecule has 0 bridgehead atoms. The summed E-state index contributed by atoms with van der Waals surface area (Å²) >= 11 is 0. The van der Waals surface area contributed by atoms with Gasteiger partial charge in [-0.2, -0.15) is 0 Å². The first-order chi connectivity index (χ1) is 7.93. The summed E-state index contributed by atoms with van der Waals surface area (Å²) in [5.41, 5.74) is 0. The Morgan fingerprint density at radius 3 is 2.24 bits per heavy atom. The molecule has 17 heavy (non-hydrogen) atoms. The largest absolute Gasteiger partial charge is 0.481 e. The van der Waals surface area contributed by atoms with Crippen molar-refractivity contribution in [3.8, 4) is 0 Å². The molecule has 5 heteroatoms. The molecule has 0 heterocycles. The molecule has 0 spiro atoms. The first-order valence-electron chi connectivity index (χ1n) is 6.11. The van der Waals surface area contributed by atoms with E-state index in [9.17, 15) is 9.59 Å². The third-order valence-corrected chi connectivity index (χ3v) is 2.46. The minimum Gasteiger partial charge on any atom is -0.481 e. The number of hydrogen-bond donors (Lipinski definition) is 3. The van der Waals surface area contributed by atoms with E-state index in [1.54, 1.807) is 0 Å². The third kappa shape index (κ3) is 9.81. The van der Waals surface area contributed by atoms with Crippen molar-refractivity contribution in [2.75, 3.05) is 6.54 Å². The van der Waals surface area contributed by atoms with Gasteiger partial charge in [-0.15, -0.1) is 0 Å². The normalized spacial score (nSPS) is 12.6. The number of hydrogen-bond acceptors (Lipinski definition) is 3. The van der Waals surface area contributed by atoms with Gasteiger partial charge in [0.15, 0.2) is 0 Å². The van der Waals surface area contributed by atoms with Crippen LogP contribution in [0.1, 0.15) is 46.0 Å². The number of carbonyl (C=O) groups is 2. The summed E-state index contributed by atoms with van der Waals surface area (Å²) in [7, 11) is 0. The number of rotatable bonds is 10. The molecule has 0 radical (unpaired) electrons. The van der Waals surface area contributed by atoms with E-state index in [4.69, 9.17) is 10.2 Å². The second-order valence-corrected chi connectivity index (χ2v) is 4.68. The van der Waals surface area contributed by atoms with Gasteiger partial charge in [-0.05, 0) is 31.7 Å². The zero-order valence-corrected chi connectivity index (χ0v) is 10.6. The summed E-state index contributed by atoms with van der Waals surface area (Å²) in [5, 5.41) is 20.4. The molecule has 0 fully saturated rings. The molecule has 0 aliphatic heterocycles. The molecule has 0 amide bonds. The lowest BCUT2D eigenvalue weighted by Crippen LogP contribution is -2.38. The van der Waals surface area contributed by atoms with Gasteiger partial charge in [0, 0.05) is 6.42 Å². The van der Waals surface area contributed by atoms with E-state index in [0.717, 1.165) is 12.8 Å². The van der Waals surface area contributed by atoms with Gasteiger partial charge in [0.25, 0.3) is 0 Å². The fraction of sp³-hybridized carbons (Fsp3) is 0.833. The standard InChI is InChI=1S/C12H23NO4/c1-9(2)8-10(12(16)17)13-7-5-3-4-6-11(14)15/h9-10,13H,3-8H2,1-2H3,(H,14,15)(H,16,17)/t10-/m0/s1. The molecule has 100 valence electrons. The van der Waals surface area contributed by atoms with Crippen LogP contribution in [0.25, 0.3) is 0 Å². The van der Waals surface area contributed by atoms with E-state index < -0.39 is 18.0 Å². The highest BCUT2D eigenvalue weighted by Crippen LogP contribution is 2.05. The lowest BCUT2D eigenvalue weighted by molar-refractivity contribution is -0.140. The molecule has 0 aliphatic rings. The lowest BCUT2D eigenvalue weighted by Gasteiger charge is -2.16. The molecule has 0 unspecified atom stereocenters. The van der Waals surface area contributed by atoms with Crippen molar-refractivity contribution >= 4 is 11.9 Å². The molecule has 0 saturated heterocycles. The van der Waals surface area contributed by atoms with Crippen LogP contribution in [0.15, 0.2) is 0 Å². The molecule has 1 atom stereocenters. The SMILES string of the molecule is CC(C)C[C@H](NCCCCCC(=O)O)C(=O)O. The van der Waals surface area contributed by atoms with Crippen LogP contribution in [0.3, 0.4) is 0 Å². The van der Waals surface area contributed by atoms with E-state index >= 15 is 0 Å². The van der Waals surface area contributed by atoms with Crippen LogP contribution in [0.2, 0.25) is 0 Å². The molecule has 0 aliphatic carbocycles. The van der Waals surface area contributed by atoms with E-state index in [-0.39, 0.29) is 6.42 Å². The van der Waals surface area contributed by atoms with Gasteiger partial charge in [0.2, 0.25) is 0 Å². The molecule has 3 N–H and O–H groups in total. The van der Waals surface area contributed by atoms with Crippen molar-refractivity contribution in [1.29, 1.82) is 0 Å². The minimum absolute atomic E-state index is 0.189. The van der Waals surface area contributed by atoms with E-state index in [1.165, 1.54) is 0 Å². The van der Waals surface area contributed by atoms with Crippen LogP contribution in [-0.4, -0.2) is 34.7 Å². The molecule has 0 aromatic carbocycles. The van der Waals surface area contributed by atoms with Crippen molar-refractivity contribution < 1.29 is 19.8 Å². The van der Waals surface area contributed by atoms with E-state index in [1.807, 2.05) is 13.8 Å². The highest BCUT2D eigenvalue weighted by atomic mass is 16.4. The van der Waals surface area contributed by atoms with Crippen LogP contribution in [-0.2, 0) is 9.59 Å². The Morgan fingerprint density at radius 1 is 1.12 bits per heavy atom. The molecular weight excluding hydrogens is 222 g/mol. The van der Waals surface area contributed by atoms with Crippen molar-refractivity contribution in [1.82, 2.24) is 5.32 Å². The molecular formula is C12H23NO4. The highest BCUT2D eigenvalue weighted by molar-refractivity contribution is 5.73. The summed E-state index contributed by atoms with van der Waals surface area (Å²) in [6.07, 6.45) is 3.08. The Kier molecular flexibility index (Phi) is 8.40. The third-order valence-electron chi connectivity index (χ3n) is 2.46. The Balaban J connectivity index is 3.61. The summed E-state index contributed by atoms with van der Waals surface area (Å²) < 4.78 is 0. The maximum absolute atomic E-state index is 10.9. The number of unbranched alkanes of at least 4 members (excludes halogenated alkanes) is 2. The van der Waals surface area contributed by atoms with Gasteiger partial charge in [0.05, 0.1) is 0 Å². The smallest absolute Gasteiger partial charge is 0.320 e. The second-order valence-electron chi connectivity index (χ2n) is 4.68. The highest BCUT2D eigenvalue weighted by Gasteiger charge is 2.17. The van der Waals surface area contributed by atoms with Crippen molar-refractivity contribution in [3.63, 3.8) is 0 Å². The zero-order chi connectivity index (χ0) is 13.3. The second kappa shape index (κ2) is 8.98. The Bertz CT molecular complexity index is 241. The van der Waals surface area contributed by atoms with Gasteiger partial charge < -0.3 is 15.5 Å². The average molecular weight is 245 g/mol. The van der Waals surface area contributed by atoms with Crippen molar-refractivity contribution in [3.05, 3.63) is 0 Å². The Morgan fingerprint density at radius 2 is 1.76 bits per heavy atom. The molecule has 0 aromatic rings.